The Kier molecular flexibility index (Phi) is 5.70. The quantitative estimate of drug-likeness (QED) is 0.660. The molecule has 0 spiro atoms. The number of fused-ring (bicyclic) bond motifs is 1. The molecule has 1 aromatic carbocycles. The first-order valence-electron chi connectivity index (χ1n) is 10.6. The molecule has 4 aliphatic heterocycles. The van der Waals surface area contributed by atoms with Crippen LogP contribution in [0.3, 0.4) is 0 Å². The Bertz CT molecular complexity index is 1010. The van der Waals surface area contributed by atoms with Crippen LogP contribution in [0.1, 0.15) is 12.0 Å². The zero-order valence-corrected chi connectivity index (χ0v) is 18.8. The van der Waals surface area contributed by atoms with Crippen molar-refractivity contribution >= 4 is 19.8 Å². The Morgan fingerprint density at radius 3 is 2.68 bits per heavy atom. The second-order valence-electron chi connectivity index (χ2n) is 8.07. The van der Waals surface area contributed by atoms with Crippen molar-refractivity contribution in [1.82, 2.24) is 9.80 Å². The monoisotopic (exact) mass is 438 g/mol. The molecule has 1 aromatic rings. The fourth-order valence-corrected chi connectivity index (χ4v) is 5.73. The number of amides is 1. The van der Waals surface area contributed by atoms with Crippen molar-refractivity contribution in [3.05, 3.63) is 65.4 Å². The van der Waals surface area contributed by atoms with Gasteiger partial charge in [-0.3, -0.25) is 9.69 Å². The Morgan fingerprint density at radius 2 is 2.00 bits per heavy atom. The zero-order valence-electron chi connectivity index (χ0n) is 17.8. The van der Waals surface area contributed by atoms with Crippen LogP contribution in [-0.2, 0) is 9.53 Å². The summed E-state index contributed by atoms with van der Waals surface area (Å²) >= 11 is 0. The lowest BCUT2D eigenvalue weighted by Crippen LogP contribution is -2.50. The first kappa shape index (κ1) is 20.5. The van der Waals surface area contributed by atoms with Crippen molar-refractivity contribution in [2.75, 3.05) is 40.5 Å². The van der Waals surface area contributed by atoms with Crippen molar-refractivity contribution in [3.63, 3.8) is 0 Å². The summed E-state index contributed by atoms with van der Waals surface area (Å²) in [5.74, 6) is 1.46. The highest BCUT2D eigenvalue weighted by atomic mass is 31.1. The zero-order chi connectivity index (χ0) is 21.4. The average Bonchev–Trinajstić information content (AvgIpc) is 2.77. The van der Waals surface area contributed by atoms with Crippen LogP contribution >= 0.6 is 8.58 Å². The largest absolute Gasteiger partial charge is 0.493 e. The lowest BCUT2D eigenvalue weighted by Gasteiger charge is -2.39. The molecular weight excluding hydrogens is 411 g/mol. The molecule has 4 aliphatic rings. The molecule has 1 saturated heterocycles. The minimum atomic E-state index is 0.0278. The van der Waals surface area contributed by atoms with E-state index in [0.29, 0.717) is 26.1 Å². The van der Waals surface area contributed by atoms with Crippen molar-refractivity contribution in [3.8, 4) is 11.5 Å². The van der Waals surface area contributed by atoms with Crippen LogP contribution in [0.4, 0.5) is 0 Å². The average molecular weight is 438 g/mol. The van der Waals surface area contributed by atoms with E-state index in [1.54, 1.807) is 20.3 Å². The van der Waals surface area contributed by atoms with Gasteiger partial charge in [-0.2, -0.15) is 0 Å². The van der Waals surface area contributed by atoms with Gasteiger partial charge in [0.2, 0.25) is 0 Å². The van der Waals surface area contributed by atoms with Gasteiger partial charge in [-0.25, -0.2) is 0 Å². The van der Waals surface area contributed by atoms with Gasteiger partial charge in [0.25, 0.3) is 5.91 Å². The number of carbonyl (C=O) groups excluding carboxylic acids is 1. The highest BCUT2D eigenvalue weighted by Crippen LogP contribution is 2.46. The van der Waals surface area contributed by atoms with E-state index in [2.05, 4.69) is 23.1 Å². The minimum absolute atomic E-state index is 0.0278. The van der Waals surface area contributed by atoms with Crippen LogP contribution in [0.2, 0.25) is 0 Å². The maximum absolute atomic E-state index is 13.0. The fraction of sp³-hybridized carbons (Fsp3) is 0.375. The third-order valence-electron chi connectivity index (χ3n) is 6.30. The van der Waals surface area contributed by atoms with Gasteiger partial charge in [0, 0.05) is 25.4 Å². The van der Waals surface area contributed by atoms with Crippen molar-refractivity contribution in [1.29, 1.82) is 0 Å². The number of rotatable bonds is 5. The Hall–Kier alpha value is -2.40. The molecule has 0 radical (unpaired) electrons. The number of benzene rings is 1. The number of ether oxygens (including phenoxy) is 3. The fourth-order valence-electron chi connectivity index (χ4n) is 4.35. The molecule has 7 heteroatoms. The summed E-state index contributed by atoms with van der Waals surface area (Å²) in [5.41, 5.74) is 3.49. The molecule has 2 atom stereocenters. The molecule has 1 amide bonds. The summed E-state index contributed by atoms with van der Waals surface area (Å²) in [4.78, 5) is 17.3. The van der Waals surface area contributed by atoms with E-state index < -0.39 is 0 Å². The minimum Gasteiger partial charge on any atom is -0.493 e. The summed E-state index contributed by atoms with van der Waals surface area (Å²) in [6, 6.07) is 6.39. The number of carbonyl (C=O) groups is 1. The smallest absolute Gasteiger partial charge is 0.252 e. The van der Waals surface area contributed by atoms with Crippen molar-refractivity contribution in [2.24, 2.45) is 0 Å². The van der Waals surface area contributed by atoms with Crippen LogP contribution in [0, 0.1) is 0 Å². The van der Waals surface area contributed by atoms with E-state index in [0.717, 1.165) is 49.2 Å². The predicted octanol–water partition coefficient (Wildman–Crippen LogP) is 3.38. The first-order chi connectivity index (χ1) is 15.2. The standard InChI is InChI=1S/C24H27N2O4P/c1-28-20-5-3-17(11-21(20)29-2)22-12-23(27)26-13-18(4-6-24(26)31-22)16-7-9-25(10-8-16)19-14-30-15-19/h3-7,11-13,19,24,31H,8-10,14-15H2,1-2H3. The SMILES string of the molecule is COc1ccc(C2=CC(=O)N3C=C(C4=CCN(C5COC5)CC4)C=CC3P2)cc1OC. The molecule has 0 saturated carbocycles. The predicted molar refractivity (Wildman–Crippen MR) is 123 cm³/mol. The van der Waals surface area contributed by atoms with Crippen LogP contribution in [-0.4, -0.2) is 68.1 Å². The molecule has 1 fully saturated rings. The number of nitrogens with zero attached hydrogens (tertiary/aromatic N) is 2. The van der Waals surface area contributed by atoms with Gasteiger partial charge in [0.15, 0.2) is 11.5 Å². The molecule has 162 valence electrons. The molecule has 0 N–H and O–H groups in total. The second kappa shape index (κ2) is 8.62. The third kappa shape index (κ3) is 3.96. The molecule has 2 unspecified atom stereocenters. The van der Waals surface area contributed by atoms with Gasteiger partial charge in [-0.05, 0) is 40.6 Å². The van der Waals surface area contributed by atoms with Crippen LogP contribution in [0.5, 0.6) is 11.5 Å². The summed E-state index contributed by atoms with van der Waals surface area (Å²) in [7, 11) is 3.73. The van der Waals surface area contributed by atoms with E-state index in [4.69, 9.17) is 14.2 Å². The highest BCUT2D eigenvalue weighted by Gasteiger charge is 2.31. The number of hydrogen-bond acceptors (Lipinski definition) is 5. The molecule has 0 bridgehead atoms. The Morgan fingerprint density at radius 1 is 1.16 bits per heavy atom. The molecule has 0 aliphatic carbocycles. The van der Waals surface area contributed by atoms with E-state index in [1.807, 2.05) is 29.3 Å². The first-order valence-corrected chi connectivity index (χ1v) is 11.7. The van der Waals surface area contributed by atoms with Crippen molar-refractivity contribution < 1.29 is 19.0 Å². The maximum Gasteiger partial charge on any atom is 0.252 e. The molecular formula is C24H27N2O4P. The lowest BCUT2D eigenvalue weighted by atomic mass is 9.97. The molecule has 5 rings (SSSR count). The third-order valence-corrected chi connectivity index (χ3v) is 7.81. The number of allylic oxidation sites excluding steroid dienone is 2. The van der Waals surface area contributed by atoms with Gasteiger partial charge in [0.05, 0.1) is 39.3 Å². The van der Waals surface area contributed by atoms with Gasteiger partial charge in [0.1, 0.15) is 0 Å². The topological polar surface area (TPSA) is 51.2 Å². The summed E-state index contributed by atoms with van der Waals surface area (Å²) in [5, 5.41) is 1.05. The van der Waals surface area contributed by atoms with E-state index >= 15 is 0 Å². The summed E-state index contributed by atoms with van der Waals surface area (Å²) in [6.07, 6.45) is 11.5. The van der Waals surface area contributed by atoms with E-state index in [1.165, 1.54) is 5.57 Å². The van der Waals surface area contributed by atoms with E-state index in [-0.39, 0.29) is 11.7 Å². The van der Waals surface area contributed by atoms with Gasteiger partial charge < -0.3 is 19.1 Å². The Labute approximate surface area is 184 Å². The highest BCUT2D eigenvalue weighted by molar-refractivity contribution is 7.51. The lowest BCUT2D eigenvalue weighted by molar-refractivity contribution is -0.123. The normalized spacial score (nSPS) is 24.8. The second-order valence-corrected chi connectivity index (χ2v) is 9.49. The van der Waals surface area contributed by atoms with Gasteiger partial charge >= 0.3 is 0 Å². The number of hydrogen-bond donors (Lipinski definition) is 0. The molecule has 0 aromatic heterocycles. The molecule has 31 heavy (non-hydrogen) atoms. The maximum atomic E-state index is 13.0. The van der Waals surface area contributed by atoms with E-state index in [9.17, 15) is 4.79 Å². The van der Waals surface area contributed by atoms with Crippen LogP contribution in [0.15, 0.2) is 59.8 Å². The van der Waals surface area contributed by atoms with Crippen LogP contribution < -0.4 is 9.47 Å². The number of methoxy groups -OCH3 is 2. The molecule has 4 heterocycles. The summed E-state index contributed by atoms with van der Waals surface area (Å²) in [6.45, 7) is 3.71. The summed E-state index contributed by atoms with van der Waals surface area (Å²) < 4.78 is 16.1. The Balaban J connectivity index is 1.33. The van der Waals surface area contributed by atoms with Crippen LogP contribution in [0.25, 0.3) is 5.31 Å². The van der Waals surface area contributed by atoms with Gasteiger partial charge in [-0.15, -0.1) is 0 Å². The molecule has 6 nitrogen and oxygen atoms in total. The van der Waals surface area contributed by atoms with Gasteiger partial charge in [-0.1, -0.05) is 32.9 Å². The van der Waals surface area contributed by atoms with Crippen molar-refractivity contribution in [2.45, 2.75) is 18.2 Å².